The third-order valence-corrected chi connectivity index (χ3v) is 2.87. The van der Waals surface area contributed by atoms with Crippen LogP contribution in [0.1, 0.15) is 12.5 Å². The van der Waals surface area contributed by atoms with E-state index in [1.807, 2.05) is 6.92 Å². The zero-order valence-electron chi connectivity index (χ0n) is 8.87. The van der Waals surface area contributed by atoms with Crippen LogP contribution in [0.5, 0.6) is 0 Å². The molecule has 0 bridgehead atoms. The number of rotatable bonds is 5. The number of aromatic nitrogens is 1. The van der Waals surface area contributed by atoms with Crippen LogP contribution in [0.25, 0.3) is 0 Å². The number of hydrogen-bond acceptors (Lipinski definition) is 3. The molecule has 0 aliphatic carbocycles. The van der Waals surface area contributed by atoms with E-state index in [0.29, 0.717) is 12.3 Å². The number of pyridine rings is 1. The molecule has 0 aromatic carbocycles. The third kappa shape index (κ3) is 4.99. The van der Waals surface area contributed by atoms with Gasteiger partial charge in [-0.2, -0.15) is 0 Å². The molecule has 1 N–H and O–H groups in total. The molecule has 84 valence electrons. The second-order valence-electron chi connectivity index (χ2n) is 3.53. The molecule has 1 aromatic heterocycles. The molecule has 0 spiro atoms. The highest BCUT2D eigenvalue weighted by Crippen LogP contribution is 2.00. The lowest BCUT2D eigenvalue weighted by Crippen LogP contribution is -2.30. The summed E-state index contributed by atoms with van der Waals surface area (Å²) in [4.78, 5) is 3.75. The lowest BCUT2D eigenvalue weighted by Gasteiger charge is -2.11. The van der Waals surface area contributed by atoms with Gasteiger partial charge in [-0.05, 0) is 18.6 Å². The fourth-order valence-corrected chi connectivity index (χ4v) is 2.08. The molecule has 0 saturated carbocycles. The molecule has 15 heavy (non-hydrogen) atoms. The summed E-state index contributed by atoms with van der Waals surface area (Å²) in [5, 5.41) is 3.16. The molecule has 0 fully saturated rings. The Balaban J connectivity index is 2.40. The van der Waals surface area contributed by atoms with Crippen molar-refractivity contribution in [3.8, 4) is 0 Å². The van der Waals surface area contributed by atoms with Gasteiger partial charge in [0.1, 0.15) is 5.82 Å². The normalized spacial score (nSPS) is 14.9. The average molecular weight is 230 g/mol. The highest BCUT2D eigenvalue weighted by Gasteiger charge is 2.04. The van der Waals surface area contributed by atoms with Crippen LogP contribution < -0.4 is 5.32 Å². The van der Waals surface area contributed by atoms with E-state index < -0.39 is 10.8 Å². The van der Waals surface area contributed by atoms with Gasteiger partial charge >= 0.3 is 0 Å². The summed E-state index contributed by atoms with van der Waals surface area (Å²) in [5.74, 6) is 0.268. The molecule has 2 atom stereocenters. The molecule has 0 amide bonds. The van der Waals surface area contributed by atoms with E-state index in [1.54, 1.807) is 12.5 Å². The number of nitrogens with zero attached hydrogens (tertiary/aromatic N) is 1. The fourth-order valence-electron chi connectivity index (χ4n) is 1.26. The van der Waals surface area contributed by atoms with Gasteiger partial charge in [0, 0.05) is 41.6 Å². The minimum absolute atomic E-state index is 0.152. The first-order valence-electron chi connectivity index (χ1n) is 4.71. The zero-order chi connectivity index (χ0) is 11.3. The fraction of sp³-hybridized carbons (Fsp3) is 0.500. The average Bonchev–Trinajstić information content (AvgIpc) is 2.14. The summed E-state index contributed by atoms with van der Waals surface area (Å²) in [6.07, 6.45) is 4.46. The molecular weight excluding hydrogens is 215 g/mol. The van der Waals surface area contributed by atoms with Gasteiger partial charge in [-0.15, -0.1) is 0 Å². The maximum Gasteiger partial charge on any atom is 0.141 e. The molecule has 0 aliphatic rings. The van der Waals surface area contributed by atoms with Crippen LogP contribution in [0.3, 0.4) is 0 Å². The van der Waals surface area contributed by atoms with Gasteiger partial charge in [-0.25, -0.2) is 4.39 Å². The van der Waals surface area contributed by atoms with Crippen LogP contribution in [0.15, 0.2) is 18.5 Å². The topological polar surface area (TPSA) is 42.0 Å². The van der Waals surface area contributed by atoms with Crippen molar-refractivity contribution in [2.45, 2.75) is 19.5 Å². The second-order valence-corrected chi connectivity index (χ2v) is 5.01. The summed E-state index contributed by atoms with van der Waals surface area (Å²) in [6.45, 7) is 2.50. The Bertz CT molecular complexity index is 346. The Morgan fingerprint density at radius 1 is 1.60 bits per heavy atom. The molecule has 0 radical (unpaired) electrons. The summed E-state index contributed by atoms with van der Waals surface area (Å²) < 4.78 is 23.7. The minimum atomic E-state index is -0.810. The number of nitrogens with one attached hydrogen (secondary N) is 1. The van der Waals surface area contributed by atoms with E-state index in [4.69, 9.17) is 0 Å². The van der Waals surface area contributed by atoms with Gasteiger partial charge in [0.15, 0.2) is 0 Å². The van der Waals surface area contributed by atoms with Crippen LogP contribution in [0, 0.1) is 5.82 Å². The van der Waals surface area contributed by atoms with Crippen molar-refractivity contribution in [2.75, 3.05) is 12.0 Å². The first kappa shape index (κ1) is 12.3. The largest absolute Gasteiger partial charge is 0.309 e. The van der Waals surface area contributed by atoms with E-state index in [0.717, 1.165) is 5.56 Å². The van der Waals surface area contributed by atoms with Gasteiger partial charge in [0.05, 0.1) is 6.20 Å². The van der Waals surface area contributed by atoms with E-state index >= 15 is 0 Å². The summed E-state index contributed by atoms with van der Waals surface area (Å²) in [5.41, 5.74) is 0.795. The number of hydrogen-bond donors (Lipinski definition) is 1. The van der Waals surface area contributed by atoms with E-state index in [-0.39, 0.29) is 11.9 Å². The van der Waals surface area contributed by atoms with E-state index in [2.05, 4.69) is 10.3 Å². The van der Waals surface area contributed by atoms with Gasteiger partial charge in [0.25, 0.3) is 0 Å². The van der Waals surface area contributed by atoms with Crippen LogP contribution in [-0.2, 0) is 17.3 Å². The second kappa shape index (κ2) is 5.92. The molecule has 1 heterocycles. The lowest BCUT2D eigenvalue weighted by atomic mass is 10.2. The van der Waals surface area contributed by atoms with Gasteiger partial charge in [-0.1, -0.05) is 0 Å². The molecule has 3 nitrogen and oxygen atoms in total. The highest BCUT2D eigenvalue weighted by molar-refractivity contribution is 7.84. The smallest absolute Gasteiger partial charge is 0.141 e. The van der Waals surface area contributed by atoms with Crippen LogP contribution >= 0.6 is 0 Å². The van der Waals surface area contributed by atoms with Crippen LogP contribution in [-0.4, -0.2) is 27.2 Å². The van der Waals surface area contributed by atoms with Crippen LogP contribution in [0.4, 0.5) is 4.39 Å². The van der Waals surface area contributed by atoms with Gasteiger partial charge in [-0.3, -0.25) is 9.19 Å². The molecule has 2 unspecified atom stereocenters. The molecule has 1 aromatic rings. The lowest BCUT2D eigenvalue weighted by molar-refractivity contribution is 0.577. The Morgan fingerprint density at radius 3 is 2.93 bits per heavy atom. The van der Waals surface area contributed by atoms with Crippen molar-refractivity contribution >= 4 is 10.8 Å². The molecule has 0 aliphatic heterocycles. The Labute approximate surface area is 91.6 Å². The SMILES string of the molecule is CC(CS(C)=O)NCc1cncc(F)c1. The van der Waals surface area contributed by atoms with Crippen molar-refractivity contribution < 1.29 is 8.60 Å². The quantitative estimate of drug-likeness (QED) is 0.823. The predicted octanol–water partition coefficient (Wildman–Crippen LogP) is 1.08. The van der Waals surface area contributed by atoms with Crippen molar-refractivity contribution in [1.29, 1.82) is 0 Å². The zero-order valence-corrected chi connectivity index (χ0v) is 9.68. The first-order valence-corrected chi connectivity index (χ1v) is 6.43. The Morgan fingerprint density at radius 2 is 2.33 bits per heavy atom. The summed E-state index contributed by atoms with van der Waals surface area (Å²) >= 11 is 0. The highest BCUT2D eigenvalue weighted by atomic mass is 32.2. The van der Waals surface area contributed by atoms with Crippen molar-refractivity contribution in [2.24, 2.45) is 0 Å². The van der Waals surface area contributed by atoms with E-state index in [1.165, 1.54) is 12.3 Å². The van der Waals surface area contributed by atoms with Crippen molar-refractivity contribution in [3.05, 3.63) is 29.8 Å². The Kier molecular flexibility index (Phi) is 4.84. The van der Waals surface area contributed by atoms with Gasteiger partial charge in [0.2, 0.25) is 0 Å². The van der Waals surface area contributed by atoms with Crippen LogP contribution in [0.2, 0.25) is 0 Å². The Hall–Kier alpha value is -0.810. The number of halogens is 1. The first-order chi connectivity index (χ1) is 7.08. The molecule has 0 saturated heterocycles. The van der Waals surface area contributed by atoms with Crippen molar-refractivity contribution in [1.82, 2.24) is 10.3 Å². The van der Waals surface area contributed by atoms with E-state index in [9.17, 15) is 8.60 Å². The summed E-state index contributed by atoms with van der Waals surface area (Å²) in [7, 11) is -0.810. The summed E-state index contributed by atoms with van der Waals surface area (Å²) in [6, 6.07) is 1.59. The van der Waals surface area contributed by atoms with Crippen molar-refractivity contribution in [3.63, 3.8) is 0 Å². The molecular formula is C10H15FN2OS. The molecule has 5 heteroatoms. The third-order valence-electron chi connectivity index (χ3n) is 1.90. The van der Waals surface area contributed by atoms with Gasteiger partial charge < -0.3 is 5.32 Å². The maximum absolute atomic E-state index is 12.8. The monoisotopic (exact) mass is 230 g/mol. The standard InChI is InChI=1S/C10H15FN2OS/c1-8(7-15(2)14)13-5-9-3-10(11)6-12-4-9/h3-4,6,8,13H,5,7H2,1-2H3. The maximum atomic E-state index is 12.8. The minimum Gasteiger partial charge on any atom is -0.309 e. The molecule has 1 rings (SSSR count). The predicted molar refractivity (Wildman–Crippen MR) is 59.4 cm³/mol.